The molecule has 0 saturated heterocycles. The van der Waals surface area contributed by atoms with E-state index in [1.54, 1.807) is 18.2 Å². The Balaban J connectivity index is 1.77. The number of rotatable bonds is 2. The second kappa shape index (κ2) is 5.51. The fourth-order valence-corrected chi connectivity index (χ4v) is 2.93. The number of aliphatic hydroxyl groups excluding tert-OH is 2. The van der Waals surface area contributed by atoms with Crippen LogP contribution < -0.4 is 9.47 Å². The zero-order valence-electron chi connectivity index (χ0n) is 13.4. The molecule has 3 unspecified atom stereocenters. The Morgan fingerprint density at radius 2 is 1.88 bits per heavy atom. The van der Waals surface area contributed by atoms with Gasteiger partial charge in [-0.2, -0.15) is 0 Å². The zero-order chi connectivity index (χ0) is 16.8. The van der Waals surface area contributed by atoms with E-state index >= 15 is 0 Å². The highest BCUT2D eigenvalue weighted by Crippen LogP contribution is 2.38. The molecule has 2 N–H and O–H groups in total. The molecule has 6 heteroatoms. The Morgan fingerprint density at radius 3 is 2.62 bits per heavy atom. The van der Waals surface area contributed by atoms with Gasteiger partial charge in [-0.3, -0.25) is 0 Å². The summed E-state index contributed by atoms with van der Waals surface area (Å²) in [5.41, 5.74) is 2.99. The van der Waals surface area contributed by atoms with Gasteiger partial charge in [0.2, 0.25) is 0 Å². The lowest BCUT2D eigenvalue weighted by Gasteiger charge is -2.34. The number of hydrogen-bond donors (Lipinski definition) is 2. The molecule has 3 atom stereocenters. The molecule has 0 saturated carbocycles. The van der Waals surface area contributed by atoms with E-state index in [9.17, 15) is 10.2 Å². The van der Waals surface area contributed by atoms with Crippen LogP contribution in [0.15, 0.2) is 42.6 Å². The van der Waals surface area contributed by atoms with Crippen molar-refractivity contribution in [2.24, 2.45) is 0 Å². The summed E-state index contributed by atoms with van der Waals surface area (Å²) >= 11 is 0. The Morgan fingerprint density at radius 1 is 1.12 bits per heavy atom. The number of ether oxygens (including phenoxy) is 2. The highest BCUT2D eigenvalue weighted by atomic mass is 16.7. The van der Waals surface area contributed by atoms with Crippen molar-refractivity contribution < 1.29 is 19.7 Å². The van der Waals surface area contributed by atoms with Crippen LogP contribution in [0.5, 0.6) is 11.5 Å². The van der Waals surface area contributed by atoms with Crippen molar-refractivity contribution in [3.8, 4) is 11.5 Å². The number of imidazole rings is 1. The van der Waals surface area contributed by atoms with Crippen molar-refractivity contribution in [1.82, 2.24) is 9.38 Å². The number of aliphatic hydroxyl groups is 2. The van der Waals surface area contributed by atoms with E-state index < -0.39 is 18.5 Å². The molecule has 6 nitrogen and oxygen atoms in total. The molecular weight excluding hydrogens is 308 g/mol. The molecule has 0 aliphatic carbocycles. The highest BCUT2D eigenvalue weighted by Gasteiger charge is 2.39. The molecule has 0 amide bonds. The van der Waals surface area contributed by atoms with E-state index in [4.69, 9.17) is 9.47 Å². The number of fused-ring (bicyclic) bond motifs is 3. The van der Waals surface area contributed by atoms with Crippen LogP contribution in [0.3, 0.4) is 0 Å². The summed E-state index contributed by atoms with van der Waals surface area (Å²) in [5, 5.41) is 20.8. The average Bonchev–Trinajstić information content (AvgIpc) is 2.88. The van der Waals surface area contributed by atoms with Gasteiger partial charge < -0.3 is 24.1 Å². The van der Waals surface area contributed by atoms with Gasteiger partial charge >= 0.3 is 0 Å². The standard InChI is InChI=1S/C18H18N2O4/c1-10-11(2)20-9-8-13-14(21)15(22)18(24-16(13)17(20)19-10)23-12-6-4-3-5-7-12/h3-9,14-15,18,21-22H,1-2H3. The Kier molecular flexibility index (Phi) is 3.44. The van der Waals surface area contributed by atoms with Gasteiger partial charge in [-0.25, -0.2) is 4.98 Å². The first-order chi connectivity index (χ1) is 11.6. The predicted molar refractivity (Wildman–Crippen MR) is 87.1 cm³/mol. The van der Waals surface area contributed by atoms with E-state index in [0.29, 0.717) is 22.7 Å². The third-order valence-electron chi connectivity index (χ3n) is 4.41. The number of aryl methyl sites for hydroxylation is 2. The summed E-state index contributed by atoms with van der Waals surface area (Å²) in [5.74, 6) is 0.993. The lowest BCUT2D eigenvalue weighted by Crippen LogP contribution is -2.44. The van der Waals surface area contributed by atoms with Crippen molar-refractivity contribution in [1.29, 1.82) is 0 Å². The Labute approximate surface area is 138 Å². The molecule has 1 aromatic carbocycles. The smallest absolute Gasteiger partial charge is 0.269 e. The number of aromatic nitrogens is 2. The first kappa shape index (κ1) is 15.0. The minimum atomic E-state index is -1.20. The van der Waals surface area contributed by atoms with Gasteiger partial charge in [-0.05, 0) is 32.0 Å². The summed E-state index contributed by atoms with van der Waals surface area (Å²) in [6.45, 7) is 3.88. The minimum absolute atomic E-state index is 0.437. The molecule has 0 spiro atoms. The van der Waals surface area contributed by atoms with Crippen molar-refractivity contribution in [2.45, 2.75) is 32.3 Å². The quantitative estimate of drug-likeness (QED) is 0.754. The zero-order valence-corrected chi connectivity index (χ0v) is 13.4. The van der Waals surface area contributed by atoms with Crippen LogP contribution in [0, 0.1) is 13.8 Å². The number of para-hydroxylation sites is 1. The van der Waals surface area contributed by atoms with Crippen LogP contribution in [-0.2, 0) is 0 Å². The molecule has 0 fully saturated rings. The molecule has 124 valence electrons. The molecule has 1 aliphatic heterocycles. The molecule has 4 rings (SSSR count). The fraction of sp³-hybridized carbons (Fsp3) is 0.278. The highest BCUT2D eigenvalue weighted by molar-refractivity contribution is 5.61. The van der Waals surface area contributed by atoms with Gasteiger partial charge in [0.05, 0.1) is 5.69 Å². The predicted octanol–water partition coefficient (Wildman–Crippen LogP) is 2.14. The van der Waals surface area contributed by atoms with E-state index in [1.165, 1.54) is 0 Å². The first-order valence-corrected chi connectivity index (χ1v) is 7.79. The van der Waals surface area contributed by atoms with E-state index in [2.05, 4.69) is 4.98 Å². The van der Waals surface area contributed by atoms with Gasteiger partial charge in [-0.15, -0.1) is 0 Å². The first-order valence-electron chi connectivity index (χ1n) is 7.79. The van der Waals surface area contributed by atoms with E-state index in [0.717, 1.165) is 11.4 Å². The van der Waals surface area contributed by atoms with Crippen molar-refractivity contribution in [3.63, 3.8) is 0 Å². The number of benzene rings is 1. The molecule has 3 heterocycles. The molecule has 24 heavy (non-hydrogen) atoms. The van der Waals surface area contributed by atoms with Crippen LogP contribution in [0.4, 0.5) is 0 Å². The van der Waals surface area contributed by atoms with Gasteiger partial charge in [0.25, 0.3) is 6.29 Å². The van der Waals surface area contributed by atoms with Gasteiger partial charge in [-0.1, -0.05) is 18.2 Å². The van der Waals surface area contributed by atoms with Crippen LogP contribution in [-0.4, -0.2) is 32.0 Å². The van der Waals surface area contributed by atoms with Gasteiger partial charge in [0.1, 0.15) is 11.9 Å². The lowest BCUT2D eigenvalue weighted by molar-refractivity contribution is -0.145. The van der Waals surface area contributed by atoms with Crippen LogP contribution in [0.25, 0.3) is 5.65 Å². The minimum Gasteiger partial charge on any atom is -0.452 e. The molecule has 3 aromatic rings. The van der Waals surface area contributed by atoms with Gasteiger partial charge in [0.15, 0.2) is 17.5 Å². The van der Waals surface area contributed by atoms with Crippen LogP contribution in [0.1, 0.15) is 23.1 Å². The number of hydrogen-bond acceptors (Lipinski definition) is 5. The average molecular weight is 326 g/mol. The normalized spacial score (nSPS) is 22.9. The summed E-state index contributed by atoms with van der Waals surface area (Å²) in [7, 11) is 0. The Bertz CT molecular complexity index is 891. The lowest BCUT2D eigenvalue weighted by atomic mass is 10.0. The van der Waals surface area contributed by atoms with E-state index in [1.807, 2.05) is 42.6 Å². The number of pyridine rings is 1. The van der Waals surface area contributed by atoms with Crippen LogP contribution >= 0.6 is 0 Å². The van der Waals surface area contributed by atoms with Gasteiger partial charge in [0, 0.05) is 17.5 Å². The summed E-state index contributed by atoms with van der Waals surface area (Å²) in [6.07, 6.45) is -1.50. The third kappa shape index (κ3) is 2.23. The maximum atomic E-state index is 10.5. The van der Waals surface area contributed by atoms with E-state index in [-0.39, 0.29) is 0 Å². The summed E-state index contributed by atoms with van der Waals surface area (Å²) < 4.78 is 13.5. The largest absolute Gasteiger partial charge is 0.452 e. The molecule has 2 aromatic heterocycles. The summed E-state index contributed by atoms with van der Waals surface area (Å²) in [4.78, 5) is 4.52. The number of nitrogens with zero attached hydrogens (tertiary/aromatic N) is 2. The maximum Gasteiger partial charge on any atom is 0.269 e. The maximum absolute atomic E-state index is 10.5. The summed E-state index contributed by atoms with van der Waals surface area (Å²) in [6, 6.07) is 10.8. The second-order valence-electron chi connectivity index (χ2n) is 5.93. The topological polar surface area (TPSA) is 76.2 Å². The SMILES string of the molecule is Cc1nc2c3c(ccn2c1C)C(O)C(O)C(Oc1ccccc1)O3. The molecule has 1 aliphatic rings. The second-order valence-corrected chi connectivity index (χ2v) is 5.93. The fourth-order valence-electron chi connectivity index (χ4n) is 2.93. The molecule has 0 radical (unpaired) electrons. The monoisotopic (exact) mass is 326 g/mol. The molecular formula is C18H18N2O4. The molecule has 0 bridgehead atoms. The van der Waals surface area contributed by atoms with Crippen molar-refractivity contribution in [3.05, 3.63) is 59.5 Å². The van der Waals surface area contributed by atoms with Crippen molar-refractivity contribution in [2.75, 3.05) is 0 Å². The van der Waals surface area contributed by atoms with Crippen molar-refractivity contribution >= 4 is 5.65 Å². The Hall–Kier alpha value is -2.57. The van der Waals surface area contributed by atoms with Crippen LogP contribution in [0.2, 0.25) is 0 Å². The third-order valence-corrected chi connectivity index (χ3v) is 4.41.